The second-order valence-electron chi connectivity index (χ2n) is 7.84. The van der Waals surface area contributed by atoms with E-state index < -0.39 is 13.0 Å². The van der Waals surface area contributed by atoms with Crippen LogP contribution in [0, 0.1) is 24.0 Å². The molecule has 0 radical (unpaired) electrons. The number of nitro groups is 1. The summed E-state index contributed by atoms with van der Waals surface area (Å²) in [5.74, 6) is 1.69. The summed E-state index contributed by atoms with van der Waals surface area (Å²) in [6.07, 6.45) is 0. The second-order valence-corrected chi connectivity index (χ2v) is 13.9. The van der Waals surface area contributed by atoms with Gasteiger partial charge in [0.25, 0.3) is 5.69 Å². The number of rotatable bonds is 9. The summed E-state index contributed by atoms with van der Waals surface area (Å²) in [7, 11) is -1.11. The van der Waals surface area contributed by atoms with Crippen molar-refractivity contribution in [1.29, 1.82) is 0 Å². The molecule has 0 atom stereocenters. The molecule has 2 aromatic rings. The van der Waals surface area contributed by atoms with Crippen LogP contribution in [0.15, 0.2) is 30.3 Å². The van der Waals surface area contributed by atoms with Crippen LogP contribution in [0.5, 0.6) is 17.2 Å². The summed E-state index contributed by atoms with van der Waals surface area (Å²) < 4.78 is 17.1. The van der Waals surface area contributed by atoms with Gasteiger partial charge in [-0.2, -0.15) is 0 Å². The SMILES string of the molecule is Cc1cc(Oc2c(C)cc([N+](=O)[O-])cc2Cl)ccc1OCOCC[Si](C)(C)C. The lowest BCUT2D eigenvalue weighted by Crippen LogP contribution is -2.22. The minimum atomic E-state index is -1.11. The lowest BCUT2D eigenvalue weighted by molar-refractivity contribution is -0.384. The fraction of sp³-hybridized carbons (Fsp3) is 0.400. The molecular formula is C20H26ClNO5Si. The molecule has 0 bridgehead atoms. The normalized spacial score (nSPS) is 11.4. The van der Waals surface area contributed by atoms with Crippen LogP contribution < -0.4 is 9.47 Å². The molecule has 28 heavy (non-hydrogen) atoms. The zero-order valence-electron chi connectivity index (χ0n) is 16.9. The van der Waals surface area contributed by atoms with Crippen LogP contribution in [0.25, 0.3) is 0 Å². The maximum Gasteiger partial charge on any atom is 0.271 e. The summed E-state index contributed by atoms with van der Waals surface area (Å²) >= 11 is 6.16. The Labute approximate surface area is 171 Å². The number of nitro benzene ring substituents is 1. The van der Waals surface area contributed by atoms with Crippen LogP contribution in [-0.2, 0) is 4.74 Å². The average molecular weight is 424 g/mol. The molecule has 152 valence electrons. The van der Waals surface area contributed by atoms with Crippen molar-refractivity contribution in [1.82, 2.24) is 0 Å². The number of hydrogen-bond donors (Lipinski definition) is 0. The molecular weight excluding hydrogens is 398 g/mol. The lowest BCUT2D eigenvalue weighted by atomic mass is 10.2. The Morgan fingerprint density at radius 2 is 1.82 bits per heavy atom. The van der Waals surface area contributed by atoms with Gasteiger partial charge in [0.1, 0.15) is 17.2 Å². The monoisotopic (exact) mass is 423 g/mol. The Morgan fingerprint density at radius 3 is 2.39 bits per heavy atom. The van der Waals surface area contributed by atoms with E-state index in [0.29, 0.717) is 29.4 Å². The van der Waals surface area contributed by atoms with Crippen molar-refractivity contribution >= 4 is 25.4 Å². The van der Waals surface area contributed by atoms with Gasteiger partial charge >= 0.3 is 0 Å². The predicted octanol–water partition coefficient (Wildman–Crippen LogP) is 6.35. The molecule has 2 rings (SSSR count). The van der Waals surface area contributed by atoms with Gasteiger partial charge in [-0.15, -0.1) is 0 Å². The molecule has 0 aromatic heterocycles. The molecule has 2 aromatic carbocycles. The minimum Gasteiger partial charge on any atom is -0.467 e. The molecule has 0 unspecified atom stereocenters. The molecule has 0 saturated heterocycles. The average Bonchev–Trinajstić information content (AvgIpc) is 2.58. The van der Waals surface area contributed by atoms with E-state index in [-0.39, 0.29) is 17.5 Å². The largest absolute Gasteiger partial charge is 0.467 e. The molecule has 0 aliphatic heterocycles. The number of benzene rings is 2. The van der Waals surface area contributed by atoms with Crippen molar-refractivity contribution < 1.29 is 19.1 Å². The number of ether oxygens (including phenoxy) is 3. The van der Waals surface area contributed by atoms with E-state index in [1.165, 1.54) is 12.1 Å². The van der Waals surface area contributed by atoms with Crippen molar-refractivity contribution in [3.63, 3.8) is 0 Å². The van der Waals surface area contributed by atoms with Crippen molar-refractivity contribution in [2.75, 3.05) is 13.4 Å². The van der Waals surface area contributed by atoms with Gasteiger partial charge in [0, 0.05) is 32.4 Å². The highest BCUT2D eigenvalue weighted by Crippen LogP contribution is 2.37. The predicted molar refractivity (Wildman–Crippen MR) is 114 cm³/mol. The van der Waals surface area contributed by atoms with E-state index in [4.69, 9.17) is 25.8 Å². The summed E-state index contributed by atoms with van der Waals surface area (Å²) in [4.78, 5) is 10.4. The van der Waals surface area contributed by atoms with Gasteiger partial charge in [0.05, 0.1) is 9.95 Å². The van der Waals surface area contributed by atoms with Crippen LogP contribution >= 0.6 is 11.6 Å². The van der Waals surface area contributed by atoms with E-state index in [1.54, 1.807) is 19.1 Å². The first kappa shape index (κ1) is 22.2. The maximum absolute atomic E-state index is 10.9. The van der Waals surface area contributed by atoms with Crippen molar-refractivity contribution in [2.45, 2.75) is 39.5 Å². The first-order valence-corrected chi connectivity index (χ1v) is 13.1. The Balaban J connectivity index is 2.00. The van der Waals surface area contributed by atoms with Gasteiger partial charge < -0.3 is 14.2 Å². The second kappa shape index (κ2) is 9.40. The Kier molecular flexibility index (Phi) is 7.46. The van der Waals surface area contributed by atoms with E-state index in [1.807, 2.05) is 13.0 Å². The third-order valence-electron chi connectivity index (χ3n) is 4.09. The minimum absolute atomic E-state index is 0.0658. The first-order chi connectivity index (χ1) is 13.1. The van der Waals surface area contributed by atoms with Crippen molar-refractivity contribution in [2.24, 2.45) is 0 Å². The zero-order valence-corrected chi connectivity index (χ0v) is 18.6. The van der Waals surface area contributed by atoms with Crippen LogP contribution in [0.2, 0.25) is 30.7 Å². The molecule has 8 heteroatoms. The fourth-order valence-corrected chi connectivity index (χ4v) is 3.51. The molecule has 0 saturated carbocycles. The van der Waals surface area contributed by atoms with Crippen LogP contribution in [0.3, 0.4) is 0 Å². The summed E-state index contributed by atoms with van der Waals surface area (Å²) in [6.45, 7) is 11.5. The molecule has 0 aliphatic carbocycles. The Morgan fingerprint density at radius 1 is 1.11 bits per heavy atom. The van der Waals surface area contributed by atoms with Crippen LogP contribution in [0.1, 0.15) is 11.1 Å². The van der Waals surface area contributed by atoms with Gasteiger partial charge in [-0.3, -0.25) is 10.1 Å². The Bertz CT molecular complexity index is 828. The summed E-state index contributed by atoms with van der Waals surface area (Å²) in [5, 5.41) is 11.1. The number of nitrogens with zero attached hydrogens (tertiary/aromatic N) is 1. The Hall–Kier alpha value is -2.09. The fourth-order valence-electron chi connectivity index (χ4n) is 2.46. The van der Waals surface area contributed by atoms with Gasteiger partial charge in [0.15, 0.2) is 6.79 Å². The van der Waals surface area contributed by atoms with Gasteiger partial charge in [-0.05, 0) is 43.7 Å². The maximum atomic E-state index is 10.9. The number of non-ortho nitro benzene ring substituents is 1. The van der Waals surface area contributed by atoms with Crippen LogP contribution in [0.4, 0.5) is 5.69 Å². The highest BCUT2D eigenvalue weighted by atomic mass is 35.5. The first-order valence-electron chi connectivity index (χ1n) is 9.00. The van der Waals surface area contributed by atoms with E-state index >= 15 is 0 Å². The van der Waals surface area contributed by atoms with Crippen molar-refractivity contribution in [3.8, 4) is 17.2 Å². The molecule has 0 N–H and O–H groups in total. The third-order valence-corrected chi connectivity index (χ3v) is 6.07. The number of aryl methyl sites for hydroxylation is 2. The van der Waals surface area contributed by atoms with Gasteiger partial charge in [0.2, 0.25) is 0 Å². The standard InChI is InChI=1S/C20H26ClNO5Si/c1-14-11-17(6-7-19(14)26-13-25-8-9-28(3,4)5)27-20-15(2)10-16(22(23)24)12-18(20)21/h6-7,10-12H,8-9,13H2,1-5H3. The quantitative estimate of drug-likeness (QED) is 0.154. The van der Waals surface area contributed by atoms with E-state index in [0.717, 1.165) is 11.6 Å². The molecule has 0 aliphatic rings. The van der Waals surface area contributed by atoms with Gasteiger partial charge in [-0.25, -0.2) is 0 Å². The topological polar surface area (TPSA) is 70.8 Å². The van der Waals surface area contributed by atoms with E-state index in [9.17, 15) is 10.1 Å². The molecule has 6 nitrogen and oxygen atoms in total. The highest BCUT2D eigenvalue weighted by molar-refractivity contribution is 6.76. The van der Waals surface area contributed by atoms with E-state index in [2.05, 4.69) is 19.6 Å². The number of hydrogen-bond acceptors (Lipinski definition) is 5. The summed E-state index contributed by atoms with van der Waals surface area (Å²) in [5.41, 5.74) is 1.42. The molecule has 0 fully saturated rings. The smallest absolute Gasteiger partial charge is 0.271 e. The van der Waals surface area contributed by atoms with Crippen LogP contribution in [-0.4, -0.2) is 26.4 Å². The molecule has 0 heterocycles. The molecule has 0 amide bonds. The van der Waals surface area contributed by atoms with Crippen molar-refractivity contribution in [3.05, 3.63) is 56.6 Å². The molecule has 0 spiro atoms. The highest BCUT2D eigenvalue weighted by Gasteiger charge is 2.16. The third kappa shape index (κ3) is 6.51. The number of halogens is 1. The van der Waals surface area contributed by atoms with Gasteiger partial charge in [-0.1, -0.05) is 31.2 Å². The zero-order chi connectivity index (χ0) is 20.9. The summed E-state index contributed by atoms with van der Waals surface area (Å²) in [6, 6.07) is 9.21. The lowest BCUT2D eigenvalue weighted by Gasteiger charge is -2.16.